The van der Waals surface area contributed by atoms with Crippen LogP contribution in [0.5, 0.6) is 0 Å². The second-order valence-electron chi connectivity index (χ2n) is 5.28. The van der Waals surface area contributed by atoms with Crippen LogP contribution in [0.1, 0.15) is 16.1 Å². The van der Waals surface area contributed by atoms with Crippen molar-refractivity contribution in [3.63, 3.8) is 0 Å². The zero-order chi connectivity index (χ0) is 18.9. The Labute approximate surface area is 159 Å². The van der Waals surface area contributed by atoms with E-state index in [4.69, 9.17) is 14.6 Å². The molecule has 2 amide bonds. The molecule has 0 saturated heterocycles. The third-order valence-electron chi connectivity index (χ3n) is 3.43. The van der Waals surface area contributed by atoms with Crippen molar-refractivity contribution in [2.75, 3.05) is 26.3 Å². The lowest BCUT2D eigenvalue weighted by molar-refractivity contribution is -0.128. The first-order valence-corrected chi connectivity index (χ1v) is 8.67. The average Bonchev–Trinajstić information content (AvgIpc) is 3.17. The minimum Gasteiger partial charge on any atom is -0.459 e. The van der Waals surface area contributed by atoms with E-state index in [2.05, 4.69) is 21.2 Å². The molecule has 8 heteroatoms. The Bertz CT molecular complexity index is 750. The van der Waals surface area contributed by atoms with Gasteiger partial charge in [-0.1, -0.05) is 28.1 Å². The summed E-state index contributed by atoms with van der Waals surface area (Å²) in [6, 6.07) is 10.2. The highest BCUT2D eigenvalue weighted by Gasteiger charge is 2.21. The third-order valence-corrected chi connectivity index (χ3v) is 3.96. The van der Waals surface area contributed by atoms with Crippen LogP contribution in [0.2, 0.25) is 0 Å². The summed E-state index contributed by atoms with van der Waals surface area (Å²) in [6.07, 6.45) is 2.88. The summed E-state index contributed by atoms with van der Waals surface area (Å²) in [5, 5.41) is 20.8. The number of carbonyl (C=O) groups excluding carboxylic acids is 2. The van der Waals surface area contributed by atoms with Crippen LogP contribution in [-0.4, -0.2) is 53.2 Å². The number of aliphatic hydroxyl groups excluding tert-OH is 2. The molecule has 3 N–H and O–H groups in total. The molecule has 1 heterocycles. The molecule has 2 aromatic rings. The van der Waals surface area contributed by atoms with Crippen molar-refractivity contribution < 1.29 is 24.2 Å². The van der Waals surface area contributed by atoms with E-state index in [9.17, 15) is 9.59 Å². The molecular formula is C18H19BrN2O5. The lowest BCUT2D eigenvalue weighted by Gasteiger charge is -2.22. The monoisotopic (exact) mass is 422 g/mol. The van der Waals surface area contributed by atoms with Crippen LogP contribution in [0, 0.1) is 0 Å². The minimum atomic E-state index is -0.570. The van der Waals surface area contributed by atoms with Gasteiger partial charge in [0.15, 0.2) is 5.76 Å². The summed E-state index contributed by atoms with van der Waals surface area (Å²) >= 11 is 3.34. The summed E-state index contributed by atoms with van der Waals surface area (Å²) in [5.41, 5.74) is 0.708. The van der Waals surface area contributed by atoms with Crippen molar-refractivity contribution in [2.24, 2.45) is 0 Å². The van der Waals surface area contributed by atoms with Crippen LogP contribution in [0.25, 0.3) is 6.08 Å². The first-order chi connectivity index (χ1) is 12.5. The van der Waals surface area contributed by atoms with Gasteiger partial charge in [-0.25, -0.2) is 0 Å². The molecule has 0 saturated carbocycles. The molecule has 138 valence electrons. The fourth-order valence-electron chi connectivity index (χ4n) is 2.20. The quantitative estimate of drug-likeness (QED) is 0.560. The fraction of sp³-hybridized carbons (Fsp3) is 0.222. The lowest BCUT2D eigenvalue weighted by Crippen LogP contribution is -2.41. The topological polar surface area (TPSA) is 103 Å². The van der Waals surface area contributed by atoms with Gasteiger partial charge in [0.05, 0.1) is 19.5 Å². The van der Waals surface area contributed by atoms with Crippen LogP contribution >= 0.6 is 15.9 Å². The van der Waals surface area contributed by atoms with E-state index >= 15 is 0 Å². The molecule has 0 aliphatic rings. The molecule has 1 aromatic heterocycles. The van der Waals surface area contributed by atoms with E-state index in [1.165, 1.54) is 23.3 Å². The van der Waals surface area contributed by atoms with Gasteiger partial charge >= 0.3 is 0 Å². The first kappa shape index (κ1) is 19.9. The van der Waals surface area contributed by atoms with Gasteiger partial charge in [-0.15, -0.1) is 0 Å². The molecule has 7 nitrogen and oxygen atoms in total. The van der Waals surface area contributed by atoms with Gasteiger partial charge in [-0.2, -0.15) is 0 Å². The van der Waals surface area contributed by atoms with E-state index in [1.807, 2.05) is 12.1 Å². The maximum absolute atomic E-state index is 12.8. The van der Waals surface area contributed by atoms with Gasteiger partial charge < -0.3 is 24.8 Å². The number of carbonyl (C=O) groups is 2. The van der Waals surface area contributed by atoms with Crippen LogP contribution in [-0.2, 0) is 4.79 Å². The summed E-state index contributed by atoms with van der Waals surface area (Å²) in [5.74, 6) is -1.02. The largest absolute Gasteiger partial charge is 0.459 e. The fourth-order valence-corrected chi connectivity index (χ4v) is 2.46. The third kappa shape index (κ3) is 5.55. The van der Waals surface area contributed by atoms with Crippen molar-refractivity contribution in [2.45, 2.75) is 0 Å². The Balaban J connectivity index is 2.31. The second kappa shape index (κ2) is 9.91. The normalized spacial score (nSPS) is 11.3. The van der Waals surface area contributed by atoms with Gasteiger partial charge in [0.2, 0.25) is 0 Å². The van der Waals surface area contributed by atoms with Gasteiger partial charge in [0.1, 0.15) is 5.70 Å². The highest BCUT2D eigenvalue weighted by Crippen LogP contribution is 2.14. The molecule has 0 unspecified atom stereocenters. The van der Waals surface area contributed by atoms with Crippen molar-refractivity contribution in [1.82, 2.24) is 10.2 Å². The van der Waals surface area contributed by atoms with Gasteiger partial charge in [0, 0.05) is 17.6 Å². The Kier molecular flexibility index (Phi) is 7.58. The molecule has 2 rings (SSSR count). The van der Waals surface area contributed by atoms with E-state index < -0.39 is 11.8 Å². The number of hydrogen-bond donors (Lipinski definition) is 3. The standard InChI is InChI=1S/C18H19BrN2O5/c19-14-5-3-13(4-6-14)12-15(18(25)21(7-9-22)8-10-23)20-17(24)16-2-1-11-26-16/h1-6,11-12,22-23H,7-10H2,(H,20,24)/b15-12-. The van der Waals surface area contributed by atoms with E-state index in [1.54, 1.807) is 18.2 Å². The maximum Gasteiger partial charge on any atom is 0.291 e. The number of nitrogens with one attached hydrogen (secondary N) is 1. The highest BCUT2D eigenvalue weighted by molar-refractivity contribution is 9.10. The maximum atomic E-state index is 12.8. The van der Waals surface area contributed by atoms with Gasteiger partial charge in [0.25, 0.3) is 11.8 Å². The number of hydrogen-bond acceptors (Lipinski definition) is 5. The van der Waals surface area contributed by atoms with E-state index in [0.717, 1.165) is 4.47 Å². The number of halogens is 1. The van der Waals surface area contributed by atoms with Crippen molar-refractivity contribution in [3.05, 3.63) is 64.2 Å². The van der Waals surface area contributed by atoms with E-state index in [-0.39, 0.29) is 37.8 Å². The average molecular weight is 423 g/mol. The lowest BCUT2D eigenvalue weighted by atomic mass is 10.1. The van der Waals surface area contributed by atoms with Crippen molar-refractivity contribution >= 4 is 33.8 Å². The van der Waals surface area contributed by atoms with Crippen molar-refractivity contribution in [1.29, 1.82) is 0 Å². The number of amides is 2. The predicted octanol–water partition coefficient (Wildman–Crippen LogP) is 1.63. The Hall–Kier alpha value is -2.42. The van der Waals surface area contributed by atoms with Crippen LogP contribution in [0.4, 0.5) is 0 Å². The Morgan fingerprint density at radius 3 is 2.31 bits per heavy atom. The van der Waals surface area contributed by atoms with Crippen molar-refractivity contribution in [3.8, 4) is 0 Å². The van der Waals surface area contributed by atoms with Gasteiger partial charge in [-0.05, 0) is 35.9 Å². The Morgan fingerprint density at radius 1 is 1.12 bits per heavy atom. The summed E-state index contributed by atoms with van der Waals surface area (Å²) in [4.78, 5) is 26.3. The molecule has 0 fully saturated rings. The second-order valence-corrected chi connectivity index (χ2v) is 6.20. The number of furan rings is 1. The van der Waals surface area contributed by atoms with Gasteiger partial charge in [-0.3, -0.25) is 9.59 Å². The molecule has 0 aliphatic heterocycles. The molecule has 0 aliphatic carbocycles. The number of rotatable bonds is 8. The number of benzene rings is 1. The molecule has 1 aromatic carbocycles. The smallest absolute Gasteiger partial charge is 0.291 e. The molecular weight excluding hydrogens is 404 g/mol. The molecule has 0 bridgehead atoms. The summed E-state index contributed by atoms with van der Waals surface area (Å²) in [6.45, 7) is -0.450. The molecule has 0 atom stereocenters. The van der Waals surface area contributed by atoms with Crippen LogP contribution in [0.15, 0.2) is 57.2 Å². The molecule has 0 radical (unpaired) electrons. The van der Waals surface area contributed by atoms with Crippen LogP contribution in [0.3, 0.4) is 0 Å². The van der Waals surface area contributed by atoms with E-state index in [0.29, 0.717) is 5.56 Å². The highest BCUT2D eigenvalue weighted by atomic mass is 79.9. The Morgan fingerprint density at radius 2 is 1.77 bits per heavy atom. The predicted molar refractivity (Wildman–Crippen MR) is 99.0 cm³/mol. The summed E-state index contributed by atoms with van der Waals surface area (Å²) in [7, 11) is 0. The summed E-state index contributed by atoms with van der Waals surface area (Å²) < 4.78 is 5.93. The number of nitrogens with zero attached hydrogens (tertiary/aromatic N) is 1. The molecule has 26 heavy (non-hydrogen) atoms. The zero-order valence-corrected chi connectivity index (χ0v) is 15.5. The first-order valence-electron chi connectivity index (χ1n) is 7.88. The zero-order valence-electron chi connectivity index (χ0n) is 13.9. The minimum absolute atomic E-state index is 0.00984. The number of aliphatic hydroxyl groups is 2. The SMILES string of the molecule is O=C(N/C(=C\c1ccc(Br)cc1)C(=O)N(CCO)CCO)c1ccco1. The van der Waals surface area contributed by atoms with Crippen LogP contribution < -0.4 is 5.32 Å². The molecule has 0 spiro atoms.